The summed E-state index contributed by atoms with van der Waals surface area (Å²) >= 11 is 1.63. The molecule has 0 fully saturated rings. The van der Waals surface area contributed by atoms with E-state index in [1.165, 1.54) is 0 Å². The Hall–Kier alpha value is -2.28. The predicted octanol–water partition coefficient (Wildman–Crippen LogP) is 1.66. The Morgan fingerprint density at radius 3 is 3.05 bits per heavy atom. The minimum atomic E-state index is 0.0451. The van der Waals surface area contributed by atoms with Gasteiger partial charge >= 0.3 is 0 Å². The molecule has 7 heteroatoms. The fourth-order valence-electron chi connectivity index (χ4n) is 2.87. The van der Waals surface area contributed by atoms with E-state index in [1.807, 2.05) is 18.4 Å². The Morgan fingerprint density at radius 2 is 2.18 bits per heavy atom. The maximum Gasteiger partial charge on any atom is 0.258 e. The predicted molar refractivity (Wildman–Crippen MR) is 86.4 cm³/mol. The highest BCUT2D eigenvalue weighted by atomic mass is 32.1. The first-order valence-corrected chi connectivity index (χ1v) is 8.01. The molecule has 0 aliphatic carbocycles. The zero-order chi connectivity index (χ0) is 15.3. The average Bonchev–Trinajstić information content (AvgIpc) is 3.01. The van der Waals surface area contributed by atoms with E-state index in [1.54, 1.807) is 29.3 Å². The monoisotopic (exact) mass is 313 g/mol. The number of aromatic nitrogens is 4. The number of hydrogen-bond acceptors (Lipinski definition) is 6. The van der Waals surface area contributed by atoms with Gasteiger partial charge in [-0.2, -0.15) is 0 Å². The lowest BCUT2D eigenvalue weighted by Gasteiger charge is -2.29. The topological polar surface area (TPSA) is 63.9 Å². The van der Waals surface area contributed by atoms with Crippen LogP contribution in [0.4, 0.5) is 5.82 Å². The summed E-state index contributed by atoms with van der Waals surface area (Å²) in [6.45, 7) is 3.24. The van der Waals surface area contributed by atoms with Crippen LogP contribution in [0.2, 0.25) is 0 Å². The van der Waals surface area contributed by atoms with Crippen LogP contribution in [0.5, 0.6) is 0 Å². The molecular weight excluding hydrogens is 298 g/mol. The summed E-state index contributed by atoms with van der Waals surface area (Å²) in [5, 5.41) is 2.02. The first-order valence-electron chi connectivity index (χ1n) is 7.13. The Morgan fingerprint density at radius 1 is 1.32 bits per heavy atom. The maximum atomic E-state index is 12.5. The molecule has 22 heavy (non-hydrogen) atoms. The molecule has 0 saturated carbocycles. The van der Waals surface area contributed by atoms with E-state index < -0.39 is 0 Å². The Labute approximate surface area is 131 Å². The standard InChI is InChI=1S/C15H15N5OS/c1-9-18-11-3-5-20(7-10(11)15(21)19(9)2)14-13-12(4-6-22-13)16-8-17-14/h4,6,8H,3,5,7H2,1-2H3. The van der Waals surface area contributed by atoms with Crippen LogP contribution in [0, 0.1) is 6.92 Å². The molecule has 0 unspecified atom stereocenters. The largest absolute Gasteiger partial charge is 0.350 e. The molecule has 0 saturated heterocycles. The lowest BCUT2D eigenvalue weighted by atomic mass is 10.1. The van der Waals surface area contributed by atoms with Crippen LogP contribution in [0.3, 0.4) is 0 Å². The van der Waals surface area contributed by atoms with E-state index >= 15 is 0 Å². The van der Waals surface area contributed by atoms with Gasteiger partial charge in [-0.05, 0) is 18.4 Å². The molecule has 1 aliphatic rings. The van der Waals surface area contributed by atoms with Crippen molar-refractivity contribution < 1.29 is 0 Å². The van der Waals surface area contributed by atoms with Crippen LogP contribution in [0.1, 0.15) is 17.1 Å². The van der Waals surface area contributed by atoms with Gasteiger partial charge < -0.3 is 4.90 Å². The van der Waals surface area contributed by atoms with Crippen LogP contribution in [0.25, 0.3) is 10.2 Å². The second-order valence-electron chi connectivity index (χ2n) is 5.45. The highest BCUT2D eigenvalue weighted by Gasteiger charge is 2.24. The van der Waals surface area contributed by atoms with Crippen LogP contribution < -0.4 is 10.5 Å². The summed E-state index contributed by atoms with van der Waals surface area (Å²) in [6, 6.07) is 1.99. The van der Waals surface area contributed by atoms with Gasteiger partial charge in [-0.3, -0.25) is 9.36 Å². The van der Waals surface area contributed by atoms with Crippen molar-refractivity contribution in [2.24, 2.45) is 7.05 Å². The number of thiophene rings is 1. The van der Waals surface area contributed by atoms with Crippen LogP contribution in [0.15, 0.2) is 22.6 Å². The lowest BCUT2D eigenvalue weighted by Crippen LogP contribution is -2.38. The maximum absolute atomic E-state index is 12.5. The van der Waals surface area contributed by atoms with Gasteiger partial charge in [0.15, 0.2) is 0 Å². The van der Waals surface area contributed by atoms with Crippen LogP contribution >= 0.6 is 11.3 Å². The normalized spacial score (nSPS) is 14.4. The summed E-state index contributed by atoms with van der Waals surface area (Å²) in [5.74, 6) is 1.67. The van der Waals surface area contributed by atoms with Crippen LogP contribution in [-0.4, -0.2) is 26.1 Å². The number of fused-ring (bicyclic) bond motifs is 2. The SMILES string of the molecule is Cc1nc2c(c(=O)n1C)CN(c1ncnc3ccsc13)CC2. The molecule has 1 aliphatic heterocycles. The van der Waals surface area contributed by atoms with E-state index in [-0.39, 0.29) is 5.56 Å². The molecule has 3 aromatic rings. The number of hydrogen-bond donors (Lipinski definition) is 0. The molecule has 0 spiro atoms. The zero-order valence-corrected chi connectivity index (χ0v) is 13.2. The first-order chi connectivity index (χ1) is 10.6. The van der Waals surface area contributed by atoms with Gasteiger partial charge in [0, 0.05) is 20.0 Å². The molecule has 4 rings (SSSR count). The molecule has 0 N–H and O–H groups in total. The molecule has 6 nitrogen and oxygen atoms in total. The van der Waals surface area contributed by atoms with Crippen molar-refractivity contribution in [1.29, 1.82) is 0 Å². The fraction of sp³-hybridized carbons (Fsp3) is 0.333. The Kier molecular flexibility index (Phi) is 2.97. The third-order valence-electron chi connectivity index (χ3n) is 4.18. The van der Waals surface area contributed by atoms with E-state index in [0.29, 0.717) is 6.54 Å². The third-order valence-corrected chi connectivity index (χ3v) is 5.08. The molecule has 0 aromatic carbocycles. The smallest absolute Gasteiger partial charge is 0.258 e. The summed E-state index contributed by atoms with van der Waals surface area (Å²) in [7, 11) is 1.77. The second-order valence-corrected chi connectivity index (χ2v) is 6.37. The number of nitrogens with zero attached hydrogens (tertiary/aromatic N) is 5. The van der Waals surface area contributed by atoms with Crippen molar-refractivity contribution in [2.75, 3.05) is 11.4 Å². The average molecular weight is 313 g/mol. The van der Waals surface area contributed by atoms with Crippen molar-refractivity contribution in [3.8, 4) is 0 Å². The Balaban J connectivity index is 1.81. The zero-order valence-electron chi connectivity index (χ0n) is 12.4. The first kappa shape index (κ1) is 13.4. The van der Waals surface area contributed by atoms with Crippen molar-refractivity contribution in [3.05, 3.63) is 45.2 Å². The van der Waals surface area contributed by atoms with E-state index in [2.05, 4.69) is 19.9 Å². The van der Waals surface area contributed by atoms with Gasteiger partial charge in [0.05, 0.1) is 28.0 Å². The van der Waals surface area contributed by atoms with E-state index in [9.17, 15) is 4.79 Å². The minimum absolute atomic E-state index is 0.0451. The number of aryl methyl sites for hydroxylation is 1. The minimum Gasteiger partial charge on any atom is -0.350 e. The van der Waals surface area contributed by atoms with Crippen LogP contribution in [-0.2, 0) is 20.0 Å². The Bertz CT molecular complexity index is 929. The van der Waals surface area contributed by atoms with Crippen molar-refractivity contribution in [1.82, 2.24) is 19.5 Å². The number of anilines is 1. The van der Waals surface area contributed by atoms with Gasteiger partial charge in [0.25, 0.3) is 5.56 Å². The molecule has 3 aromatic heterocycles. The molecule has 0 amide bonds. The van der Waals surface area contributed by atoms with E-state index in [4.69, 9.17) is 0 Å². The molecule has 112 valence electrons. The molecule has 0 atom stereocenters. The second kappa shape index (κ2) is 4.88. The van der Waals surface area contributed by atoms with Gasteiger partial charge in [-0.15, -0.1) is 11.3 Å². The fourth-order valence-corrected chi connectivity index (χ4v) is 3.73. The molecular formula is C15H15N5OS. The highest BCUT2D eigenvalue weighted by Crippen LogP contribution is 2.30. The van der Waals surface area contributed by atoms with Gasteiger partial charge in [-0.1, -0.05) is 0 Å². The number of rotatable bonds is 1. The van der Waals surface area contributed by atoms with Crippen molar-refractivity contribution in [3.63, 3.8) is 0 Å². The molecule has 0 bridgehead atoms. The third kappa shape index (κ3) is 1.93. The summed E-state index contributed by atoms with van der Waals surface area (Å²) in [6.07, 6.45) is 2.36. The molecule has 0 radical (unpaired) electrons. The highest BCUT2D eigenvalue weighted by molar-refractivity contribution is 7.17. The lowest BCUT2D eigenvalue weighted by molar-refractivity contribution is 0.651. The summed E-state index contributed by atoms with van der Waals surface area (Å²) in [4.78, 5) is 27.9. The van der Waals surface area contributed by atoms with Gasteiger partial charge in [0.2, 0.25) is 0 Å². The summed E-state index contributed by atoms with van der Waals surface area (Å²) < 4.78 is 2.69. The summed E-state index contributed by atoms with van der Waals surface area (Å²) in [5.41, 5.74) is 2.70. The van der Waals surface area contributed by atoms with Crippen molar-refractivity contribution in [2.45, 2.75) is 19.9 Å². The van der Waals surface area contributed by atoms with E-state index in [0.717, 1.165) is 46.1 Å². The van der Waals surface area contributed by atoms with Crippen molar-refractivity contribution >= 4 is 27.4 Å². The van der Waals surface area contributed by atoms with Gasteiger partial charge in [0.1, 0.15) is 18.0 Å². The molecule has 4 heterocycles. The quantitative estimate of drug-likeness (QED) is 0.683. The van der Waals surface area contributed by atoms with Gasteiger partial charge in [-0.25, -0.2) is 15.0 Å².